The molecule has 1 heterocycles. The van der Waals surface area contributed by atoms with Crippen molar-refractivity contribution in [3.05, 3.63) is 23.2 Å². The molecule has 1 aromatic carbocycles. The smallest absolute Gasteiger partial charge is 0.244 e. The Hall–Kier alpha value is -1.46. The maximum Gasteiger partial charge on any atom is 0.244 e. The van der Waals surface area contributed by atoms with Crippen molar-refractivity contribution in [2.45, 2.75) is 44.6 Å². The van der Waals surface area contributed by atoms with Crippen molar-refractivity contribution >= 4 is 33.1 Å². The molecule has 1 fully saturated rings. The van der Waals surface area contributed by atoms with E-state index in [1.807, 2.05) is 18.2 Å². The molecule has 1 aliphatic carbocycles. The van der Waals surface area contributed by atoms with E-state index < -0.39 is 5.54 Å². The number of nitrogens with one attached hydrogen (secondary N) is 1. The molecule has 4 nitrogen and oxygen atoms in total. The maximum atomic E-state index is 11.9. The largest absolute Gasteiger partial charge is 0.324 e. The van der Waals surface area contributed by atoms with Crippen molar-refractivity contribution in [1.82, 2.24) is 4.98 Å². The monoisotopic (exact) mass is 289 g/mol. The van der Waals surface area contributed by atoms with Crippen molar-refractivity contribution in [1.29, 1.82) is 0 Å². The number of carbonyl (C=O) groups is 1. The van der Waals surface area contributed by atoms with Crippen LogP contribution >= 0.6 is 11.3 Å². The number of amides is 1. The molecule has 0 atom stereocenters. The number of benzene rings is 1. The average Bonchev–Trinajstić information content (AvgIpc) is 2.96. The van der Waals surface area contributed by atoms with E-state index in [9.17, 15) is 4.79 Å². The zero-order chi connectivity index (χ0) is 14.5. The van der Waals surface area contributed by atoms with Crippen LogP contribution < -0.4 is 11.1 Å². The van der Waals surface area contributed by atoms with E-state index in [1.54, 1.807) is 11.3 Å². The van der Waals surface area contributed by atoms with Crippen LogP contribution in [0.25, 0.3) is 10.2 Å². The highest BCUT2D eigenvalue weighted by atomic mass is 32.1. The Morgan fingerprint density at radius 3 is 2.70 bits per heavy atom. The Labute approximate surface area is 122 Å². The normalized spacial score (nSPS) is 17.2. The molecule has 1 aromatic heterocycles. The molecule has 0 unspecified atom stereocenters. The quantitative estimate of drug-likeness (QED) is 0.893. The van der Waals surface area contributed by atoms with Crippen molar-refractivity contribution in [2.24, 2.45) is 5.73 Å². The third-order valence-electron chi connectivity index (χ3n) is 3.53. The summed E-state index contributed by atoms with van der Waals surface area (Å²) >= 11 is 1.67. The first-order chi connectivity index (χ1) is 9.28. The summed E-state index contributed by atoms with van der Waals surface area (Å²) in [4.78, 5) is 16.6. The number of thiazole rings is 1. The van der Waals surface area contributed by atoms with E-state index in [-0.39, 0.29) is 11.3 Å². The summed E-state index contributed by atoms with van der Waals surface area (Å²) in [5, 5.41) is 4.00. The van der Waals surface area contributed by atoms with E-state index >= 15 is 0 Å². The second-order valence-electron chi connectivity index (χ2n) is 6.56. The third-order valence-corrected chi connectivity index (χ3v) is 4.97. The van der Waals surface area contributed by atoms with E-state index in [4.69, 9.17) is 5.73 Å². The van der Waals surface area contributed by atoms with Gasteiger partial charge in [0.25, 0.3) is 0 Å². The lowest BCUT2D eigenvalue weighted by Crippen LogP contribution is -2.37. The molecule has 1 saturated carbocycles. The van der Waals surface area contributed by atoms with Gasteiger partial charge in [-0.05, 0) is 31.0 Å². The molecule has 1 amide bonds. The zero-order valence-electron chi connectivity index (χ0n) is 12.0. The fraction of sp³-hybridized carbons (Fsp3) is 0.467. The van der Waals surface area contributed by atoms with Gasteiger partial charge in [-0.1, -0.05) is 20.8 Å². The van der Waals surface area contributed by atoms with E-state index in [2.05, 4.69) is 31.1 Å². The second kappa shape index (κ2) is 4.27. The molecular weight excluding hydrogens is 270 g/mol. The number of hydrogen-bond acceptors (Lipinski definition) is 4. The minimum Gasteiger partial charge on any atom is -0.324 e. The number of fused-ring (bicyclic) bond motifs is 1. The van der Waals surface area contributed by atoms with Crippen LogP contribution in [-0.4, -0.2) is 16.4 Å². The second-order valence-corrected chi connectivity index (χ2v) is 7.59. The molecular formula is C15H19N3OS. The number of anilines is 1. The van der Waals surface area contributed by atoms with Crippen LogP contribution in [0.4, 0.5) is 5.69 Å². The third kappa shape index (κ3) is 2.43. The van der Waals surface area contributed by atoms with Crippen LogP contribution in [-0.2, 0) is 10.2 Å². The number of aromatic nitrogens is 1. The lowest BCUT2D eigenvalue weighted by Gasteiger charge is -2.13. The molecule has 0 aliphatic heterocycles. The summed E-state index contributed by atoms with van der Waals surface area (Å²) in [5.41, 5.74) is 7.07. The first kappa shape index (κ1) is 13.5. The van der Waals surface area contributed by atoms with Crippen molar-refractivity contribution in [2.75, 3.05) is 5.32 Å². The number of rotatable bonds is 2. The van der Waals surface area contributed by atoms with Gasteiger partial charge in [-0.3, -0.25) is 4.79 Å². The molecule has 3 rings (SSSR count). The molecule has 0 bridgehead atoms. The Morgan fingerprint density at radius 2 is 2.10 bits per heavy atom. The SMILES string of the molecule is CC(C)(C)c1nc2ccc(NC(=O)C3(N)CC3)cc2s1. The molecule has 1 aliphatic rings. The van der Waals surface area contributed by atoms with Crippen LogP contribution in [0.5, 0.6) is 0 Å². The van der Waals surface area contributed by atoms with Gasteiger partial charge in [-0.25, -0.2) is 4.98 Å². The Kier molecular flexibility index (Phi) is 2.88. The van der Waals surface area contributed by atoms with Gasteiger partial charge in [-0.2, -0.15) is 0 Å². The van der Waals surface area contributed by atoms with Crippen LogP contribution in [0.3, 0.4) is 0 Å². The van der Waals surface area contributed by atoms with Crippen LogP contribution in [0.1, 0.15) is 38.6 Å². The Balaban J connectivity index is 1.88. The number of hydrogen-bond donors (Lipinski definition) is 2. The summed E-state index contributed by atoms with van der Waals surface area (Å²) < 4.78 is 1.09. The molecule has 20 heavy (non-hydrogen) atoms. The first-order valence-corrected chi connectivity index (χ1v) is 7.61. The predicted octanol–water partition coefficient (Wildman–Crippen LogP) is 3.02. The lowest BCUT2D eigenvalue weighted by atomic mass is 9.98. The molecule has 0 spiro atoms. The molecule has 2 aromatic rings. The summed E-state index contributed by atoms with van der Waals surface area (Å²) in [5.74, 6) is -0.0857. The first-order valence-electron chi connectivity index (χ1n) is 6.79. The Bertz CT molecular complexity index is 680. The minimum atomic E-state index is -0.640. The average molecular weight is 289 g/mol. The summed E-state index contributed by atoms with van der Waals surface area (Å²) in [7, 11) is 0. The van der Waals surface area contributed by atoms with Crippen LogP contribution in [0.2, 0.25) is 0 Å². The van der Waals surface area contributed by atoms with E-state index in [0.717, 1.165) is 33.8 Å². The van der Waals surface area contributed by atoms with Gasteiger partial charge >= 0.3 is 0 Å². The van der Waals surface area contributed by atoms with Gasteiger partial charge < -0.3 is 11.1 Å². The fourth-order valence-electron chi connectivity index (χ4n) is 1.94. The number of nitrogens with two attached hydrogens (primary N) is 1. The van der Waals surface area contributed by atoms with Gasteiger partial charge in [0, 0.05) is 11.1 Å². The lowest BCUT2D eigenvalue weighted by molar-refractivity contribution is -0.118. The summed E-state index contributed by atoms with van der Waals surface area (Å²) in [6, 6.07) is 5.82. The molecule has 106 valence electrons. The topological polar surface area (TPSA) is 68.0 Å². The maximum absolute atomic E-state index is 11.9. The van der Waals surface area contributed by atoms with Gasteiger partial charge in [-0.15, -0.1) is 11.3 Å². The van der Waals surface area contributed by atoms with Crippen molar-refractivity contribution < 1.29 is 4.79 Å². The molecule has 5 heteroatoms. The van der Waals surface area contributed by atoms with Crippen LogP contribution in [0, 0.1) is 0 Å². The number of nitrogens with zero attached hydrogens (tertiary/aromatic N) is 1. The van der Waals surface area contributed by atoms with Crippen molar-refractivity contribution in [3.8, 4) is 0 Å². The summed E-state index contributed by atoms with van der Waals surface area (Å²) in [6.07, 6.45) is 1.55. The Morgan fingerprint density at radius 1 is 1.40 bits per heavy atom. The van der Waals surface area contributed by atoms with Gasteiger partial charge in [0.15, 0.2) is 0 Å². The molecule has 0 saturated heterocycles. The standard InChI is InChI=1S/C15H19N3OS/c1-14(2,3)13-18-10-5-4-9(8-11(10)20-13)17-12(19)15(16)6-7-15/h4-5,8H,6-7,16H2,1-3H3,(H,17,19). The van der Waals surface area contributed by atoms with Gasteiger partial charge in [0.1, 0.15) is 0 Å². The highest BCUT2D eigenvalue weighted by Crippen LogP contribution is 2.35. The minimum absolute atomic E-state index is 0.0441. The van der Waals surface area contributed by atoms with Gasteiger partial charge in [0.05, 0.1) is 20.8 Å². The highest BCUT2D eigenvalue weighted by molar-refractivity contribution is 7.18. The van der Waals surface area contributed by atoms with Crippen LogP contribution in [0.15, 0.2) is 18.2 Å². The van der Waals surface area contributed by atoms with Crippen molar-refractivity contribution in [3.63, 3.8) is 0 Å². The van der Waals surface area contributed by atoms with E-state index in [1.165, 1.54) is 0 Å². The molecule has 3 N–H and O–H groups in total. The van der Waals surface area contributed by atoms with E-state index in [0.29, 0.717) is 0 Å². The predicted molar refractivity (Wildman–Crippen MR) is 83.1 cm³/mol. The zero-order valence-corrected chi connectivity index (χ0v) is 12.8. The number of carbonyl (C=O) groups excluding carboxylic acids is 1. The molecule has 0 radical (unpaired) electrons. The fourth-order valence-corrected chi connectivity index (χ4v) is 3.00. The summed E-state index contributed by atoms with van der Waals surface area (Å²) in [6.45, 7) is 6.45. The highest BCUT2D eigenvalue weighted by Gasteiger charge is 2.45. The van der Waals surface area contributed by atoms with Gasteiger partial charge in [0.2, 0.25) is 5.91 Å².